The summed E-state index contributed by atoms with van der Waals surface area (Å²) in [6.45, 7) is 7.41. The van der Waals surface area contributed by atoms with E-state index in [2.05, 4.69) is 58.3 Å². The third-order valence-electron chi connectivity index (χ3n) is 4.51. The molecule has 27 heavy (non-hydrogen) atoms. The van der Waals surface area contributed by atoms with Crippen LogP contribution in [0.4, 0.5) is 0 Å². The lowest BCUT2D eigenvalue weighted by Gasteiger charge is -2.18. The number of nitrogens with one attached hydrogen (secondary N) is 2. The molecule has 0 radical (unpaired) electrons. The molecule has 0 aliphatic rings. The van der Waals surface area contributed by atoms with Gasteiger partial charge < -0.3 is 20.3 Å². The fourth-order valence-corrected chi connectivity index (χ4v) is 3.09. The second-order valence-corrected chi connectivity index (χ2v) is 6.70. The van der Waals surface area contributed by atoms with Gasteiger partial charge in [0.1, 0.15) is 12.4 Å². The van der Waals surface area contributed by atoms with Gasteiger partial charge in [-0.15, -0.1) is 0 Å². The number of guanidine groups is 1. The first-order valence-electron chi connectivity index (χ1n) is 9.93. The van der Waals surface area contributed by atoms with Gasteiger partial charge >= 0.3 is 0 Å². The Hall–Kier alpha value is -2.34. The molecule has 2 aromatic rings. The van der Waals surface area contributed by atoms with Gasteiger partial charge in [-0.2, -0.15) is 0 Å². The molecule has 0 aliphatic heterocycles. The molecule has 6 heteroatoms. The minimum Gasteiger partial charge on any atom is -0.396 e. The van der Waals surface area contributed by atoms with Crippen molar-refractivity contribution in [3.05, 3.63) is 54.1 Å². The van der Waals surface area contributed by atoms with Crippen molar-refractivity contribution in [3.8, 4) is 0 Å². The SMILES string of the molecule is CCCC(CCO)CNC(=NCc1nccn1Cc1ccccc1)NCC. The third kappa shape index (κ3) is 7.43. The van der Waals surface area contributed by atoms with Crippen molar-refractivity contribution in [1.29, 1.82) is 0 Å². The second-order valence-electron chi connectivity index (χ2n) is 6.70. The molecule has 0 fully saturated rings. The van der Waals surface area contributed by atoms with Crippen molar-refractivity contribution in [2.45, 2.75) is 46.2 Å². The Kier molecular flexibility index (Phi) is 9.41. The first kappa shape index (κ1) is 21.0. The molecule has 6 nitrogen and oxygen atoms in total. The summed E-state index contributed by atoms with van der Waals surface area (Å²) < 4.78 is 2.13. The molecule has 1 aromatic heterocycles. The summed E-state index contributed by atoms with van der Waals surface area (Å²) >= 11 is 0. The van der Waals surface area contributed by atoms with Gasteiger partial charge in [-0.05, 0) is 31.2 Å². The lowest BCUT2D eigenvalue weighted by molar-refractivity contribution is 0.251. The molecular formula is C21H33N5O. The number of aliphatic hydroxyl groups excluding tert-OH is 1. The molecule has 1 atom stereocenters. The third-order valence-corrected chi connectivity index (χ3v) is 4.51. The average Bonchev–Trinajstić information content (AvgIpc) is 3.12. The van der Waals surface area contributed by atoms with Gasteiger partial charge in [0.25, 0.3) is 0 Å². The van der Waals surface area contributed by atoms with Gasteiger partial charge in [-0.3, -0.25) is 0 Å². The lowest BCUT2D eigenvalue weighted by atomic mass is 10.0. The van der Waals surface area contributed by atoms with Crippen molar-refractivity contribution in [3.63, 3.8) is 0 Å². The van der Waals surface area contributed by atoms with Crippen LogP contribution < -0.4 is 10.6 Å². The van der Waals surface area contributed by atoms with E-state index in [0.717, 1.165) is 50.7 Å². The number of aliphatic hydroxyl groups is 1. The maximum Gasteiger partial charge on any atom is 0.191 e. The summed E-state index contributed by atoms with van der Waals surface area (Å²) in [5.74, 6) is 2.20. The van der Waals surface area contributed by atoms with Crippen LogP contribution in [0.15, 0.2) is 47.7 Å². The summed E-state index contributed by atoms with van der Waals surface area (Å²) in [5.41, 5.74) is 1.25. The number of aliphatic imine (C=N–C) groups is 1. The van der Waals surface area contributed by atoms with E-state index < -0.39 is 0 Å². The van der Waals surface area contributed by atoms with Crippen LogP contribution in [0.2, 0.25) is 0 Å². The molecule has 1 aromatic carbocycles. The van der Waals surface area contributed by atoms with E-state index in [1.165, 1.54) is 5.56 Å². The zero-order valence-corrected chi connectivity index (χ0v) is 16.6. The predicted molar refractivity (Wildman–Crippen MR) is 111 cm³/mol. The first-order chi connectivity index (χ1) is 13.3. The summed E-state index contributed by atoms with van der Waals surface area (Å²) in [4.78, 5) is 9.16. The number of hydrogen-bond acceptors (Lipinski definition) is 3. The van der Waals surface area contributed by atoms with Crippen LogP contribution in [-0.2, 0) is 13.1 Å². The minimum absolute atomic E-state index is 0.233. The fraction of sp³-hybridized carbons (Fsp3) is 0.524. The van der Waals surface area contributed by atoms with Gasteiger partial charge in [0, 0.05) is 38.6 Å². The topological polar surface area (TPSA) is 74.5 Å². The highest BCUT2D eigenvalue weighted by molar-refractivity contribution is 5.79. The van der Waals surface area contributed by atoms with Gasteiger partial charge in [0.05, 0.1) is 0 Å². The van der Waals surface area contributed by atoms with Crippen molar-refractivity contribution < 1.29 is 5.11 Å². The van der Waals surface area contributed by atoms with Gasteiger partial charge in [-0.25, -0.2) is 9.98 Å². The van der Waals surface area contributed by atoms with E-state index in [4.69, 9.17) is 4.99 Å². The van der Waals surface area contributed by atoms with Gasteiger partial charge in [-0.1, -0.05) is 43.7 Å². The molecule has 1 heterocycles. The monoisotopic (exact) mass is 371 g/mol. The molecule has 0 aliphatic carbocycles. The zero-order chi connectivity index (χ0) is 19.3. The van der Waals surface area contributed by atoms with Crippen LogP contribution in [0.1, 0.15) is 44.5 Å². The molecule has 2 rings (SSSR count). The van der Waals surface area contributed by atoms with Crippen LogP contribution in [0, 0.1) is 5.92 Å². The molecule has 0 saturated heterocycles. The fourth-order valence-electron chi connectivity index (χ4n) is 3.09. The van der Waals surface area contributed by atoms with Crippen molar-refractivity contribution >= 4 is 5.96 Å². The molecule has 0 amide bonds. The van der Waals surface area contributed by atoms with E-state index >= 15 is 0 Å². The maximum absolute atomic E-state index is 9.23. The molecule has 0 spiro atoms. The van der Waals surface area contributed by atoms with Gasteiger partial charge in [0.2, 0.25) is 0 Å². The van der Waals surface area contributed by atoms with Crippen LogP contribution >= 0.6 is 0 Å². The quantitative estimate of drug-likeness (QED) is 0.419. The Morgan fingerprint density at radius 3 is 2.70 bits per heavy atom. The first-order valence-corrected chi connectivity index (χ1v) is 9.93. The average molecular weight is 372 g/mol. The number of rotatable bonds is 11. The summed E-state index contributed by atoms with van der Waals surface area (Å²) in [6, 6.07) is 10.4. The van der Waals surface area contributed by atoms with E-state index in [1.807, 2.05) is 18.5 Å². The number of hydrogen-bond donors (Lipinski definition) is 3. The molecular weight excluding hydrogens is 338 g/mol. The molecule has 3 N–H and O–H groups in total. The van der Waals surface area contributed by atoms with E-state index in [9.17, 15) is 5.11 Å². The Morgan fingerprint density at radius 2 is 2.00 bits per heavy atom. The van der Waals surface area contributed by atoms with Gasteiger partial charge in [0.15, 0.2) is 5.96 Å². The van der Waals surface area contributed by atoms with Crippen LogP contribution in [0.5, 0.6) is 0 Å². The van der Waals surface area contributed by atoms with Crippen LogP contribution in [0.25, 0.3) is 0 Å². The lowest BCUT2D eigenvalue weighted by Crippen LogP contribution is -2.40. The highest BCUT2D eigenvalue weighted by atomic mass is 16.3. The Balaban J connectivity index is 1.97. The highest BCUT2D eigenvalue weighted by Crippen LogP contribution is 2.09. The highest BCUT2D eigenvalue weighted by Gasteiger charge is 2.09. The van der Waals surface area contributed by atoms with Crippen molar-refractivity contribution in [2.75, 3.05) is 19.7 Å². The number of imidazole rings is 1. The maximum atomic E-state index is 9.23. The summed E-state index contributed by atoms with van der Waals surface area (Å²) in [7, 11) is 0. The Morgan fingerprint density at radius 1 is 1.19 bits per heavy atom. The van der Waals surface area contributed by atoms with Crippen molar-refractivity contribution in [1.82, 2.24) is 20.2 Å². The van der Waals surface area contributed by atoms with Crippen LogP contribution in [0.3, 0.4) is 0 Å². The summed E-state index contributed by atoms with van der Waals surface area (Å²) in [5, 5.41) is 15.9. The predicted octanol–water partition coefficient (Wildman–Crippen LogP) is 2.79. The normalized spacial score (nSPS) is 12.8. The van der Waals surface area contributed by atoms with E-state index in [0.29, 0.717) is 12.5 Å². The number of aromatic nitrogens is 2. The van der Waals surface area contributed by atoms with Crippen LogP contribution in [-0.4, -0.2) is 40.3 Å². The largest absolute Gasteiger partial charge is 0.396 e. The van der Waals surface area contributed by atoms with Crippen molar-refractivity contribution in [2.24, 2.45) is 10.9 Å². The Labute approximate surface area is 162 Å². The number of benzene rings is 1. The summed E-state index contributed by atoms with van der Waals surface area (Å²) in [6.07, 6.45) is 6.87. The molecule has 1 unspecified atom stereocenters. The smallest absolute Gasteiger partial charge is 0.191 e. The minimum atomic E-state index is 0.233. The van der Waals surface area contributed by atoms with E-state index in [1.54, 1.807) is 0 Å². The standard InChI is InChI=1S/C21H33N5O/c1-3-8-18(11-14-27)15-24-21(22-4-2)25-16-20-23-12-13-26(20)17-19-9-6-5-7-10-19/h5-7,9-10,12-13,18,27H,3-4,8,11,14-17H2,1-2H3,(H2,22,24,25). The zero-order valence-electron chi connectivity index (χ0n) is 16.6. The number of nitrogens with zero attached hydrogens (tertiary/aromatic N) is 3. The molecule has 148 valence electrons. The Bertz CT molecular complexity index is 662. The van der Waals surface area contributed by atoms with E-state index in [-0.39, 0.29) is 6.61 Å². The molecule has 0 bridgehead atoms. The second kappa shape index (κ2) is 12.1. The molecule has 0 saturated carbocycles.